The summed E-state index contributed by atoms with van der Waals surface area (Å²) in [5.41, 5.74) is 2.65. The summed E-state index contributed by atoms with van der Waals surface area (Å²) in [6, 6.07) is 19.3. The van der Waals surface area contributed by atoms with E-state index in [1.54, 1.807) is 6.92 Å². The molecule has 134 valence electrons. The Balaban J connectivity index is 1.84. The van der Waals surface area contributed by atoms with E-state index >= 15 is 0 Å². The van der Waals surface area contributed by atoms with Crippen LogP contribution < -0.4 is 5.32 Å². The van der Waals surface area contributed by atoms with Crippen LogP contribution in [0.5, 0.6) is 0 Å². The molecule has 0 aliphatic heterocycles. The van der Waals surface area contributed by atoms with Gasteiger partial charge in [0.05, 0.1) is 12.4 Å². The van der Waals surface area contributed by atoms with Crippen LogP contribution >= 0.6 is 11.8 Å². The zero-order valence-corrected chi connectivity index (χ0v) is 15.2. The number of nitrogens with zero attached hydrogens (tertiary/aromatic N) is 1. The molecule has 0 fully saturated rings. The average molecular weight is 368 g/mol. The number of aliphatic hydroxyl groups is 1. The largest absolute Gasteiger partial charge is 0.431 e. The second-order valence-electron chi connectivity index (χ2n) is 5.83. The van der Waals surface area contributed by atoms with Crippen molar-refractivity contribution in [3.05, 3.63) is 60.7 Å². The van der Waals surface area contributed by atoms with Gasteiger partial charge in [-0.15, -0.1) is 0 Å². The van der Waals surface area contributed by atoms with E-state index in [0.29, 0.717) is 11.0 Å². The number of hydrogen-bond donors (Lipinski definition) is 2. The minimum Gasteiger partial charge on any atom is -0.431 e. The van der Waals surface area contributed by atoms with Gasteiger partial charge >= 0.3 is 0 Å². The number of aromatic nitrogens is 1. The molecule has 26 heavy (non-hydrogen) atoms. The summed E-state index contributed by atoms with van der Waals surface area (Å²) in [4.78, 5) is 16.5. The molecule has 0 spiro atoms. The second-order valence-corrected chi connectivity index (χ2v) is 6.76. The van der Waals surface area contributed by atoms with Gasteiger partial charge in [-0.2, -0.15) is 0 Å². The zero-order valence-electron chi connectivity index (χ0n) is 14.4. The highest BCUT2D eigenvalue weighted by molar-refractivity contribution is 7.99. The van der Waals surface area contributed by atoms with Crippen LogP contribution in [0, 0.1) is 0 Å². The number of oxazole rings is 1. The van der Waals surface area contributed by atoms with Crippen molar-refractivity contribution >= 4 is 17.7 Å². The minimum absolute atomic E-state index is 0.0915. The summed E-state index contributed by atoms with van der Waals surface area (Å²) >= 11 is 1.23. The van der Waals surface area contributed by atoms with Crippen molar-refractivity contribution in [3.63, 3.8) is 0 Å². The third kappa shape index (κ3) is 4.53. The molecule has 1 heterocycles. The highest BCUT2D eigenvalue weighted by Gasteiger charge is 2.18. The number of rotatable bonds is 7. The summed E-state index contributed by atoms with van der Waals surface area (Å²) in [6.07, 6.45) is 0. The number of aliphatic hydroxyl groups excluding tert-OH is 1. The van der Waals surface area contributed by atoms with E-state index in [2.05, 4.69) is 10.3 Å². The molecule has 0 aliphatic rings. The Morgan fingerprint density at radius 2 is 1.73 bits per heavy atom. The molecule has 0 bridgehead atoms. The van der Waals surface area contributed by atoms with E-state index in [9.17, 15) is 4.79 Å². The zero-order chi connectivity index (χ0) is 18.4. The Hall–Kier alpha value is -2.57. The Labute approximate surface area is 156 Å². The molecule has 1 atom stereocenters. The summed E-state index contributed by atoms with van der Waals surface area (Å²) in [5, 5.41) is 12.2. The van der Waals surface area contributed by atoms with E-state index in [1.807, 2.05) is 60.7 Å². The van der Waals surface area contributed by atoms with Gasteiger partial charge in [0.15, 0.2) is 5.76 Å². The van der Waals surface area contributed by atoms with Gasteiger partial charge in [0.25, 0.3) is 5.22 Å². The summed E-state index contributed by atoms with van der Waals surface area (Å²) in [5.74, 6) is 0.688. The third-order valence-electron chi connectivity index (χ3n) is 3.70. The maximum Gasteiger partial charge on any atom is 0.257 e. The van der Waals surface area contributed by atoms with Crippen LogP contribution in [0.25, 0.3) is 22.6 Å². The topological polar surface area (TPSA) is 75.4 Å². The number of carbonyl (C=O) groups excluding carboxylic acids is 1. The highest BCUT2D eigenvalue weighted by Crippen LogP contribution is 2.35. The van der Waals surface area contributed by atoms with E-state index in [-0.39, 0.29) is 24.3 Å². The molecule has 2 N–H and O–H groups in total. The molecular formula is C20H20N2O3S. The van der Waals surface area contributed by atoms with Crippen molar-refractivity contribution in [1.29, 1.82) is 0 Å². The number of benzene rings is 2. The molecule has 0 aliphatic carbocycles. The third-order valence-corrected chi connectivity index (χ3v) is 4.53. The molecule has 0 saturated heterocycles. The van der Waals surface area contributed by atoms with Crippen molar-refractivity contribution in [3.8, 4) is 22.6 Å². The fourth-order valence-corrected chi connectivity index (χ4v) is 3.06. The maximum absolute atomic E-state index is 11.9. The first-order valence-electron chi connectivity index (χ1n) is 8.32. The first-order valence-corrected chi connectivity index (χ1v) is 9.30. The van der Waals surface area contributed by atoms with Crippen molar-refractivity contribution in [1.82, 2.24) is 10.3 Å². The molecule has 5 nitrogen and oxygen atoms in total. The minimum atomic E-state index is -0.271. The first-order chi connectivity index (χ1) is 12.7. The van der Waals surface area contributed by atoms with E-state index in [1.165, 1.54) is 11.8 Å². The van der Waals surface area contributed by atoms with Gasteiger partial charge in [0.1, 0.15) is 5.69 Å². The normalized spacial score (nSPS) is 11.9. The maximum atomic E-state index is 11.9. The summed E-state index contributed by atoms with van der Waals surface area (Å²) in [7, 11) is 0. The predicted molar refractivity (Wildman–Crippen MR) is 103 cm³/mol. The van der Waals surface area contributed by atoms with Gasteiger partial charge in [-0.3, -0.25) is 4.79 Å². The van der Waals surface area contributed by atoms with Gasteiger partial charge < -0.3 is 14.8 Å². The van der Waals surface area contributed by atoms with Crippen molar-refractivity contribution in [2.75, 3.05) is 12.4 Å². The standard InChI is InChI=1S/C20H20N2O3S/c1-14(12-23)21-17(24)13-26-20-22-18(15-8-4-2-5-9-15)19(25-20)16-10-6-3-7-11-16/h2-11,14,23H,12-13H2,1H3,(H,21,24)/t14-/m1/s1. The molecule has 3 rings (SSSR count). The van der Waals surface area contributed by atoms with E-state index in [4.69, 9.17) is 9.52 Å². The Kier molecular flexibility index (Phi) is 6.09. The summed E-state index contributed by atoms with van der Waals surface area (Å²) in [6.45, 7) is 1.65. The quantitative estimate of drug-likeness (QED) is 0.623. The lowest BCUT2D eigenvalue weighted by Crippen LogP contribution is -2.36. The number of thioether (sulfide) groups is 1. The molecule has 3 aromatic rings. The Bertz CT molecular complexity index is 793. The first kappa shape index (κ1) is 18.2. The SMILES string of the molecule is C[C@H](CO)NC(=O)CSc1nc(-c2ccccc2)c(-c2ccccc2)o1. The number of carbonyl (C=O) groups is 1. The summed E-state index contributed by atoms with van der Waals surface area (Å²) < 4.78 is 5.96. The van der Waals surface area contributed by atoms with Crippen LogP contribution in [-0.2, 0) is 4.79 Å². The predicted octanol–water partition coefficient (Wildman–Crippen LogP) is 3.60. The molecule has 0 radical (unpaired) electrons. The molecular weight excluding hydrogens is 348 g/mol. The van der Waals surface area contributed by atoms with Gasteiger partial charge in [-0.1, -0.05) is 72.4 Å². The Morgan fingerprint density at radius 3 is 2.35 bits per heavy atom. The molecule has 1 aromatic heterocycles. The van der Waals surface area contributed by atoms with E-state index < -0.39 is 0 Å². The fraction of sp³-hybridized carbons (Fsp3) is 0.200. The lowest BCUT2D eigenvalue weighted by Gasteiger charge is -2.09. The van der Waals surface area contributed by atoms with Crippen molar-refractivity contribution in [2.24, 2.45) is 0 Å². The lowest BCUT2D eigenvalue weighted by atomic mass is 10.1. The van der Waals surface area contributed by atoms with Crippen LogP contribution in [0.1, 0.15) is 6.92 Å². The van der Waals surface area contributed by atoms with Crippen LogP contribution in [0.2, 0.25) is 0 Å². The number of amides is 1. The molecule has 2 aromatic carbocycles. The molecule has 6 heteroatoms. The molecule has 1 amide bonds. The molecule has 0 unspecified atom stereocenters. The second kappa shape index (κ2) is 8.69. The van der Waals surface area contributed by atoms with E-state index in [0.717, 1.165) is 16.8 Å². The van der Waals surface area contributed by atoms with Crippen LogP contribution in [0.3, 0.4) is 0 Å². The van der Waals surface area contributed by atoms with Crippen molar-refractivity contribution in [2.45, 2.75) is 18.2 Å². The van der Waals surface area contributed by atoms with Gasteiger partial charge in [0.2, 0.25) is 5.91 Å². The van der Waals surface area contributed by atoms with Crippen molar-refractivity contribution < 1.29 is 14.3 Å². The monoisotopic (exact) mass is 368 g/mol. The van der Waals surface area contributed by atoms with Gasteiger partial charge in [-0.25, -0.2) is 4.98 Å². The Morgan fingerprint density at radius 1 is 1.12 bits per heavy atom. The van der Waals surface area contributed by atoms with Gasteiger partial charge in [-0.05, 0) is 6.92 Å². The van der Waals surface area contributed by atoms with Gasteiger partial charge in [0, 0.05) is 17.2 Å². The number of hydrogen-bond acceptors (Lipinski definition) is 5. The smallest absolute Gasteiger partial charge is 0.257 e. The molecule has 0 saturated carbocycles. The lowest BCUT2D eigenvalue weighted by molar-refractivity contribution is -0.119. The van der Waals surface area contributed by atoms with Crippen LogP contribution in [0.15, 0.2) is 70.3 Å². The number of nitrogens with one attached hydrogen (secondary N) is 1. The fourth-order valence-electron chi connectivity index (χ4n) is 2.43. The van der Waals surface area contributed by atoms with Crippen LogP contribution in [0.4, 0.5) is 0 Å². The average Bonchev–Trinajstić information content (AvgIpc) is 3.12. The van der Waals surface area contributed by atoms with Crippen LogP contribution in [-0.4, -0.2) is 34.4 Å². The highest BCUT2D eigenvalue weighted by atomic mass is 32.2.